The van der Waals surface area contributed by atoms with E-state index in [1.807, 2.05) is 31.2 Å². The lowest BCUT2D eigenvalue weighted by atomic mass is 9.99. The molecule has 0 atom stereocenters. The Labute approximate surface area is 125 Å². The Morgan fingerprint density at radius 2 is 1.95 bits per heavy atom. The van der Waals surface area contributed by atoms with E-state index < -0.39 is 0 Å². The van der Waals surface area contributed by atoms with Gasteiger partial charge in [0, 0.05) is 24.8 Å². The summed E-state index contributed by atoms with van der Waals surface area (Å²) >= 11 is 0. The molecule has 0 spiro atoms. The van der Waals surface area contributed by atoms with Gasteiger partial charge in [-0.2, -0.15) is 0 Å². The number of para-hydroxylation sites is 1. The number of benzene rings is 1. The second-order valence-corrected chi connectivity index (χ2v) is 5.16. The number of rotatable bonds is 5. The normalized spacial score (nSPS) is 15.5. The van der Waals surface area contributed by atoms with Crippen LogP contribution in [0.25, 0.3) is 0 Å². The lowest BCUT2D eigenvalue weighted by Gasteiger charge is -2.21. The molecule has 0 radical (unpaired) electrons. The second kappa shape index (κ2) is 7.78. The summed E-state index contributed by atoms with van der Waals surface area (Å²) in [5.41, 5.74) is 1.90. The van der Waals surface area contributed by atoms with Crippen molar-refractivity contribution in [3.8, 4) is 0 Å². The molecular formula is C16H22N2O3. The quantitative estimate of drug-likeness (QED) is 0.868. The van der Waals surface area contributed by atoms with Crippen molar-refractivity contribution in [1.82, 2.24) is 5.32 Å². The average Bonchev–Trinajstić information content (AvgIpc) is 2.54. The summed E-state index contributed by atoms with van der Waals surface area (Å²) in [5, 5.41) is 5.54. The van der Waals surface area contributed by atoms with Crippen molar-refractivity contribution in [2.75, 3.05) is 25.1 Å². The minimum Gasteiger partial charge on any atom is -0.381 e. The van der Waals surface area contributed by atoms with Gasteiger partial charge in [-0.15, -0.1) is 0 Å². The molecule has 1 saturated heterocycles. The molecule has 21 heavy (non-hydrogen) atoms. The number of ether oxygens (including phenoxy) is 1. The molecule has 2 amide bonds. The van der Waals surface area contributed by atoms with Gasteiger partial charge in [0.1, 0.15) is 0 Å². The third kappa shape index (κ3) is 4.56. The van der Waals surface area contributed by atoms with E-state index in [1.165, 1.54) is 0 Å². The second-order valence-electron chi connectivity index (χ2n) is 5.16. The molecule has 1 aliphatic rings. The summed E-state index contributed by atoms with van der Waals surface area (Å²) < 4.78 is 5.22. The molecule has 1 fully saturated rings. The van der Waals surface area contributed by atoms with Crippen LogP contribution in [0.4, 0.5) is 5.69 Å². The van der Waals surface area contributed by atoms with E-state index in [0.29, 0.717) is 13.2 Å². The number of anilines is 1. The Kier molecular flexibility index (Phi) is 5.75. The van der Waals surface area contributed by atoms with Crippen LogP contribution in [0, 0.1) is 5.92 Å². The number of aryl methyl sites for hydroxylation is 1. The van der Waals surface area contributed by atoms with Crippen LogP contribution in [0.2, 0.25) is 0 Å². The zero-order valence-corrected chi connectivity index (χ0v) is 12.4. The maximum Gasteiger partial charge on any atom is 0.243 e. The molecule has 2 N–H and O–H groups in total. The fourth-order valence-electron chi connectivity index (χ4n) is 2.42. The Morgan fingerprint density at radius 1 is 1.24 bits per heavy atom. The molecule has 0 aliphatic carbocycles. The molecule has 0 unspecified atom stereocenters. The Balaban J connectivity index is 1.80. The van der Waals surface area contributed by atoms with Crippen molar-refractivity contribution < 1.29 is 14.3 Å². The summed E-state index contributed by atoms with van der Waals surface area (Å²) in [7, 11) is 0. The van der Waals surface area contributed by atoms with Crippen LogP contribution in [0.15, 0.2) is 24.3 Å². The molecular weight excluding hydrogens is 268 g/mol. The topological polar surface area (TPSA) is 67.4 Å². The number of amides is 2. The lowest BCUT2D eigenvalue weighted by molar-refractivity contribution is -0.129. The largest absolute Gasteiger partial charge is 0.381 e. The first kappa shape index (κ1) is 15.5. The summed E-state index contributed by atoms with van der Waals surface area (Å²) in [5.74, 6) is -0.289. The fourth-order valence-corrected chi connectivity index (χ4v) is 2.42. The standard InChI is InChI=1S/C16H22N2O3/c1-2-12-5-3-4-6-14(12)18-15(19)11-17-16(20)13-7-9-21-10-8-13/h3-6,13H,2,7-11H2,1H3,(H,17,20)(H,18,19). The van der Waals surface area contributed by atoms with E-state index in [-0.39, 0.29) is 24.3 Å². The first-order valence-electron chi connectivity index (χ1n) is 7.44. The predicted octanol–water partition coefficient (Wildman–Crippen LogP) is 1.73. The number of nitrogens with one attached hydrogen (secondary N) is 2. The summed E-state index contributed by atoms with van der Waals surface area (Å²) in [6, 6.07) is 7.68. The van der Waals surface area contributed by atoms with Gasteiger partial charge < -0.3 is 15.4 Å². The van der Waals surface area contributed by atoms with Crippen LogP contribution in [0.1, 0.15) is 25.3 Å². The molecule has 1 aliphatic heterocycles. The van der Waals surface area contributed by atoms with Crippen molar-refractivity contribution in [1.29, 1.82) is 0 Å². The molecule has 1 heterocycles. The molecule has 0 saturated carbocycles. The van der Waals surface area contributed by atoms with Crippen molar-refractivity contribution in [2.24, 2.45) is 5.92 Å². The van der Waals surface area contributed by atoms with Gasteiger partial charge in [-0.05, 0) is 30.9 Å². The maximum absolute atomic E-state index is 11.9. The van der Waals surface area contributed by atoms with Crippen LogP contribution < -0.4 is 10.6 Å². The lowest BCUT2D eigenvalue weighted by Crippen LogP contribution is -2.38. The van der Waals surface area contributed by atoms with Crippen molar-refractivity contribution >= 4 is 17.5 Å². The van der Waals surface area contributed by atoms with Crippen LogP contribution in [0.3, 0.4) is 0 Å². The van der Waals surface area contributed by atoms with Gasteiger partial charge in [-0.1, -0.05) is 25.1 Å². The van der Waals surface area contributed by atoms with Crippen LogP contribution in [-0.4, -0.2) is 31.6 Å². The van der Waals surface area contributed by atoms with Crippen LogP contribution >= 0.6 is 0 Å². The third-order valence-electron chi connectivity index (χ3n) is 3.69. The zero-order valence-electron chi connectivity index (χ0n) is 12.4. The number of hydrogen-bond donors (Lipinski definition) is 2. The average molecular weight is 290 g/mol. The molecule has 0 bridgehead atoms. The highest BCUT2D eigenvalue weighted by molar-refractivity contribution is 5.95. The minimum absolute atomic E-state index is 0.00817. The Bertz CT molecular complexity index is 496. The van der Waals surface area contributed by atoms with Gasteiger partial charge in [0.25, 0.3) is 0 Å². The predicted molar refractivity (Wildman–Crippen MR) is 81.0 cm³/mol. The maximum atomic E-state index is 11.9. The fraction of sp³-hybridized carbons (Fsp3) is 0.500. The van der Waals surface area contributed by atoms with Crippen molar-refractivity contribution in [3.63, 3.8) is 0 Å². The van der Waals surface area contributed by atoms with E-state index in [1.54, 1.807) is 0 Å². The summed E-state index contributed by atoms with van der Waals surface area (Å²) in [6.07, 6.45) is 2.31. The molecule has 0 aromatic heterocycles. The van der Waals surface area contributed by atoms with Gasteiger partial charge in [0.15, 0.2) is 0 Å². The minimum atomic E-state index is -0.198. The van der Waals surface area contributed by atoms with E-state index in [2.05, 4.69) is 10.6 Å². The van der Waals surface area contributed by atoms with E-state index in [4.69, 9.17) is 4.74 Å². The number of carbonyl (C=O) groups is 2. The molecule has 5 nitrogen and oxygen atoms in total. The van der Waals surface area contributed by atoms with Crippen molar-refractivity contribution in [2.45, 2.75) is 26.2 Å². The molecule has 5 heteroatoms. The highest BCUT2D eigenvalue weighted by Crippen LogP contribution is 2.16. The van der Waals surface area contributed by atoms with Crippen LogP contribution in [-0.2, 0) is 20.7 Å². The van der Waals surface area contributed by atoms with Gasteiger partial charge >= 0.3 is 0 Å². The third-order valence-corrected chi connectivity index (χ3v) is 3.69. The zero-order chi connectivity index (χ0) is 15.1. The van der Waals surface area contributed by atoms with Gasteiger partial charge in [-0.25, -0.2) is 0 Å². The first-order valence-corrected chi connectivity index (χ1v) is 7.44. The monoisotopic (exact) mass is 290 g/mol. The number of hydrogen-bond acceptors (Lipinski definition) is 3. The molecule has 1 aromatic carbocycles. The highest BCUT2D eigenvalue weighted by Gasteiger charge is 2.21. The number of carbonyl (C=O) groups excluding carboxylic acids is 2. The first-order chi connectivity index (χ1) is 10.2. The summed E-state index contributed by atoms with van der Waals surface area (Å²) in [6.45, 7) is 3.29. The van der Waals surface area contributed by atoms with E-state index >= 15 is 0 Å². The van der Waals surface area contributed by atoms with E-state index in [0.717, 1.165) is 30.5 Å². The van der Waals surface area contributed by atoms with Crippen LogP contribution in [0.5, 0.6) is 0 Å². The molecule has 114 valence electrons. The summed E-state index contributed by atoms with van der Waals surface area (Å²) in [4.78, 5) is 23.8. The van der Waals surface area contributed by atoms with Crippen molar-refractivity contribution in [3.05, 3.63) is 29.8 Å². The van der Waals surface area contributed by atoms with E-state index in [9.17, 15) is 9.59 Å². The SMILES string of the molecule is CCc1ccccc1NC(=O)CNC(=O)C1CCOCC1. The Morgan fingerprint density at radius 3 is 2.67 bits per heavy atom. The Hall–Kier alpha value is -1.88. The molecule has 1 aromatic rings. The molecule has 2 rings (SSSR count). The van der Waals surface area contributed by atoms with Gasteiger partial charge in [0.05, 0.1) is 6.54 Å². The van der Waals surface area contributed by atoms with Gasteiger partial charge in [0.2, 0.25) is 11.8 Å². The smallest absolute Gasteiger partial charge is 0.243 e. The van der Waals surface area contributed by atoms with Gasteiger partial charge in [-0.3, -0.25) is 9.59 Å². The highest BCUT2D eigenvalue weighted by atomic mass is 16.5.